The molecule has 0 radical (unpaired) electrons. The number of nitrogens with one attached hydrogen (secondary N) is 1. The van der Waals surface area contributed by atoms with Crippen LogP contribution in [-0.4, -0.2) is 20.6 Å². The SMILES string of the molecule is c1ccn2c(Sc3ccc(CNC4CC4)cc3)nnc2c1. The van der Waals surface area contributed by atoms with Crippen LogP contribution in [0.3, 0.4) is 0 Å². The van der Waals surface area contributed by atoms with Crippen LogP contribution in [-0.2, 0) is 6.54 Å². The summed E-state index contributed by atoms with van der Waals surface area (Å²) < 4.78 is 2.01. The van der Waals surface area contributed by atoms with Crippen LogP contribution in [0, 0.1) is 0 Å². The number of hydrogen-bond acceptors (Lipinski definition) is 4. The Bertz CT molecular complexity index is 746. The molecule has 21 heavy (non-hydrogen) atoms. The van der Waals surface area contributed by atoms with Gasteiger partial charge in [0.15, 0.2) is 10.8 Å². The van der Waals surface area contributed by atoms with Gasteiger partial charge in [-0.1, -0.05) is 18.2 Å². The van der Waals surface area contributed by atoms with Crippen molar-refractivity contribution in [2.75, 3.05) is 0 Å². The van der Waals surface area contributed by atoms with Crippen molar-refractivity contribution in [3.8, 4) is 0 Å². The van der Waals surface area contributed by atoms with Gasteiger partial charge in [0.2, 0.25) is 0 Å². The zero-order valence-corrected chi connectivity index (χ0v) is 12.4. The van der Waals surface area contributed by atoms with Gasteiger partial charge in [0.1, 0.15) is 0 Å². The van der Waals surface area contributed by atoms with E-state index in [0.29, 0.717) is 0 Å². The van der Waals surface area contributed by atoms with E-state index < -0.39 is 0 Å². The molecule has 0 bridgehead atoms. The molecule has 5 heteroatoms. The van der Waals surface area contributed by atoms with E-state index in [0.717, 1.165) is 23.4 Å². The van der Waals surface area contributed by atoms with E-state index in [1.54, 1.807) is 11.8 Å². The number of pyridine rings is 1. The van der Waals surface area contributed by atoms with Crippen LogP contribution in [0.25, 0.3) is 5.65 Å². The second kappa shape index (κ2) is 5.50. The topological polar surface area (TPSA) is 42.2 Å². The summed E-state index contributed by atoms with van der Waals surface area (Å²) in [5, 5.41) is 12.8. The number of benzene rings is 1. The Morgan fingerprint density at radius 1 is 1.10 bits per heavy atom. The second-order valence-electron chi connectivity index (χ2n) is 5.31. The molecule has 106 valence electrons. The molecule has 4 rings (SSSR count). The molecule has 0 aliphatic heterocycles. The lowest BCUT2D eigenvalue weighted by Gasteiger charge is -2.04. The number of fused-ring (bicyclic) bond motifs is 1. The summed E-state index contributed by atoms with van der Waals surface area (Å²) >= 11 is 1.64. The van der Waals surface area contributed by atoms with E-state index in [4.69, 9.17) is 0 Å². The van der Waals surface area contributed by atoms with Crippen molar-refractivity contribution in [2.45, 2.75) is 35.5 Å². The average molecular weight is 296 g/mol. The van der Waals surface area contributed by atoms with E-state index >= 15 is 0 Å². The molecule has 0 spiro atoms. The summed E-state index contributed by atoms with van der Waals surface area (Å²) in [5.41, 5.74) is 2.21. The first kappa shape index (κ1) is 12.9. The van der Waals surface area contributed by atoms with Crippen LogP contribution in [0.1, 0.15) is 18.4 Å². The van der Waals surface area contributed by atoms with Crippen LogP contribution < -0.4 is 5.32 Å². The van der Waals surface area contributed by atoms with Crippen LogP contribution in [0.5, 0.6) is 0 Å². The van der Waals surface area contributed by atoms with Crippen LogP contribution in [0.2, 0.25) is 0 Å². The minimum atomic E-state index is 0.751. The standard InChI is InChI=1S/C16H16N4S/c1-2-10-20-15(3-1)18-19-16(20)21-14-8-4-12(5-9-14)11-17-13-6-7-13/h1-5,8-10,13,17H,6-7,11H2. The summed E-state index contributed by atoms with van der Waals surface area (Å²) in [6.07, 6.45) is 4.65. The van der Waals surface area contributed by atoms with Gasteiger partial charge in [-0.2, -0.15) is 0 Å². The fourth-order valence-electron chi connectivity index (χ4n) is 2.22. The first-order valence-electron chi connectivity index (χ1n) is 7.18. The zero-order chi connectivity index (χ0) is 14.1. The molecule has 3 aromatic rings. The van der Waals surface area contributed by atoms with Crippen molar-refractivity contribution in [1.29, 1.82) is 0 Å². The summed E-state index contributed by atoms with van der Waals surface area (Å²) in [6, 6.07) is 15.3. The van der Waals surface area contributed by atoms with Gasteiger partial charge < -0.3 is 5.32 Å². The van der Waals surface area contributed by atoms with Crippen LogP contribution >= 0.6 is 11.8 Å². The smallest absolute Gasteiger partial charge is 0.200 e. The quantitative estimate of drug-likeness (QED) is 0.785. The maximum Gasteiger partial charge on any atom is 0.200 e. The van der Waals surface area contributed by atoms with Gasteiger partial charge in [0.25, 0.3) is 0 Å². The van der Waals surface area contributed by atoms with Gasteiger partial charge in [-0.25, -0.2) is 0 Å². The predicted octanol–water partition coefficient (Wildman–Crippen LogP) is 3.13. The number of aromatic nitrogens is 3. The third-order valence-electron chi connectivity index (χ3n) is 3.59. The molecule has 4 nitrogen and oxygen atoms in total. The van der Waals surface area contributed by atoms with Crippen LogP contribution in [0.15, 0.2) is 58.7 Å². The lowest BCUT2D eigenvalue weighted by molar-refractivity contribution is 0.687. The Morgan fingerprint density at radius 3 is 2.76 bits per heavy atom. The second-order valence-corrected chi connectivity index (χ2v) is 6.35. The average Bonchev–Trinajstić information content (AvgIpc) is 3.28. The third-order valence-corrected chi connectivity index (χ3v) is 4.56. The molecule has 1 aromatic carbocycles. The molecule has 2 aromatic heterocycles. The maximum absolute atomic E-state index is 4.24. The van der Waals surface area contributed by atoms with E-state index in [-0.39, 0.29) is 0 Å². The van der Waals surface area contributed by atoms with E-state index in [1.165, 1.54) is 23.3 Å². The van der Waals surface area contributed by atoms with Gasteiger partial charge in [0.05, 0.1) is 0 Å². The van der Waals surface area contributed by atoms with E-state index in [2.05, 4.69) is 39.8 Å². The van der Waals surface area contributed by atoms with Crippen molar-refractivity contribution in [1.82, 2.24) is 19.9 Å². The van der Waals surface area contributed by atoms with Crippen molar-refractivity contribution in [3.63, 3.8) is 0 Å². The Morgan fingerprint density at radius 2 is 1.95 bits per heavy atom. The molecule has 2 heterocycles. The Labute approximate surface area is 127 Å². The van der Waals surface area contributed by atoms with E-state index in [1.807, 2.05) is 28.8 Å². The van der Waals surface area contributed by atoms with Gasteiger partial charge in [-0.15, -0.1) is 10.2 Å². The molecular formula is C16H16N4S. The monoisotopic (exact) mass is 296 g/mol. The number of hydrogen-bond donors (Lipinski definition) is 1. The van der Waals surface area contributed by atoms with Gasteiger partial charge in [-0.3, -0.25) is 4.40 Å². The van der Waals surface area contributed by atoms with Crippen molar-refractivity contribution >= 4 is 17.4 Å². The maximum atomic E-state index is 4.24. The van der Waals surface area contributed by atoms with Gasteiger partial charge in [0, 0.05) is 23.7 Å². The highest BCUT2D eigenvalue weighted by atomic mass is 32.2. The summed E-state index contributed by atoms with van der Waals surface area (Å²) in [4.78, 5) is 1.18. The largest absolute Gasteiger partial charge is 0.310 e. The highest BCUT2D eigenvalue weighted by Crippen LogP contribution is 2.26. The first-order chi connectivity index (χ1) is 10.4. The normalized spacial score (nSPS) is 14.7. The molecule has 1 N–H and O–H groups in total. The van der Waals surface area contributed by atoms with Gasteiger partial charge in [-0.05, 0) is 54.4 Å². The molecule has 1 fully saturated rings. The molecular weight excluding hydrogens is 280 g/mol. The Kier molecular flexibility index (Phi) is 3.37. The van der Waals surface area contributed by atoms with Crippen molar-refractivity contribution in [2.24, 2.45) is 0 Å². The zero-order valence-electron chi connectivity index (χ0n) is 11.6. The Hall–Kier alpha value is -1.85. The number of rotatable bonds is 5. The molecule has 0 amide bonds. The third kappa shape index (κ3) is 2.94. The highest BCUT2D eigenvalue weighted by molar-refractivity contribution is 7.99. The molecule has 0 unspecified atom stereocenters. The fourth-order valence-corrected chi connectivity index (χ4v) is 3.04. The molecule has 0 atom stereocenters. The molecule has 1 aliphatic carbocycles. The van der Waals surface area contributed by atoms with Crippen molar-refractivity contribution < 1.29 is 0 Å². The predicted molar refractivity (Wildman–Crippen MR) is 83.4 cm³/mol. The van der Waals surface area contributed by atoms with Crippen LogP contribution in [0.4, 0.5) is 0 Å². The summed E-state index contributed by atoms with van der Waals surface area (Å²) in [7, 11) is 0. The lowest BCUT2D eigenvalue weighted by atomic mass is 10.2. The highest BCUT2D eigenvalue weighted by Gasteiger charge is 2.19. The van der Waals surface area contributed by atoms with E-state index in [9.17, 15) is 0 Å². The first-order valence-corrected chi connectivity index (χ1v) is 8.00. The molecule has 1 saturated carbocycles. The minimum absolute atomic E-state index is 0.751. The summed E-state index contributed by atoms with van der Waals surface area (Å²) in [6.45, 7) is 0.962. The summed E-state index contributed by atoms with van der Waals surface area (Å²) in [5.74, 6) is 0. The Balaban J connectivity index is 1.48. The molecule has 1 aliphatic rings. The minimum Gasteiger partial charge on any atom is -0.310 e. The van der Waals surface area contributed by atoms with Crippen molar-refractivity contribution in [3.05, 3.63) is 54.2 Å². The fraction of sp³-hybridized carbons (Fsp3) is 0.250. The molecule has 0 saturated heterocycles. The lowest BCUT2D eigenvalue weighted by Crippen LogP contribution is -2.14. The number of nitrogens with zero attached hydrogens (tertiary/aromatic N) is 3. The van der Waals surface area contributed by atoms with Gasteiger partial charge >= 0.3 is 0 Å².